The molecule has 110 valence electrons. The van der Waals surface area contributed by atoms with Gasteiger partial charge >= 0.3 is 0 Å². The summed E-state index contributed by atoms with van der Waals surface area (Å²) in [6.45, 7) is -0.130. The van der Waals surface area contributed by atoms with Crippen LogP contribution < -0.4 is 11.1 Å². The number of benzene rings is 2. The summed E-state index contributed by atoms with van der Waals surface area (Å²) in [5.74, 6) is -2.66. The van der Waals surface area contributed by atoms with Gasteiger partial charge in [-0.15, -0.1) is 0 Å². The molecular weight excluding hydrogens is 349 g/mol. The Hall–Kier alpha value is -2.02. The fourth-order valence-corrected chi connectivity index (χ4v) is 2.17. The average molecular weight is 359 g/mol. The van der Waals surface area contributed by atoms with Crippen LogP contribution in [-0.4, -0.2) is 5.91 Å². The maximum Gasteiger partial charge on any atom is 0.252 e. The highest BCUT2D eigenvalue weighted by Gasteiger charge is 2.14. The van der Waals surface area contributed by atoms with E-state index in [1.807, 2.05) is 0 Å². The summed E-state index contributed by atoms with van der Waals surface area (Å²) in [5, 5.41) is 2.45. The van der Waals surface area contributed by atoms with E-state index in [1.54, 1.807) is 0 Å². The number of nitrogens with one attached hydrogen (secondary N) is 1. The summed E-state index contributed by atoms with van der Waals surface area (Å²) in [4.78, 5) is 12.0. The quantitative estimate of drug-likeness (QED) is 0.826. The number of hydrogen-bond acceptors (Lipinski definition) is 2. The van der Waals surface area contributed by atoms with Crippen molar-refractivity contribution in [1.29, 1.82) is 0 Å². The van der Waals surface area contributed by atoms with Gasteiger partial charge in [0.1, 0.15) is 17.5 Å². The lowest BCUT2D eigenvalue weighted by atomic mass is 10.1. The third kappa shape index (κ3) is 3.55. The van der Waals surface area contributed by atoms with Gasteiger partial charge in [0.05, 0.1) is 11.3 Å². The molecule has 0 aliphatic carbocycles. The van der Waals surface area contributed by atoms with E-state index in [9.17, 15) is 18.0 Å². The lowest BCUT2D eigenvalue weighted by molar-refractivity contribution is 0.0950. The lowest BCUT2D eigenvalue weighted by Crippen LogP contribution is -2.24. The molecule has 0 spiro atoms. The molecule has 0 radical (unpaired) electrons. The lowest BCUT2D eigenvalue weighted by Gasteiger charge is -2.09. The van der Waals surface area contributed by atoms with E-state index < -0.39 is 23.4 Å². The molecule has 0 saturated carbocycles. The Labute approximate surface area is 127 Å². The molecule has 2 aromatic carbocycles. The van der Waals surface area contributed by atoms with E-state index >= 15 is 0 Å². The summed E-state index contributed by atoms with van der Waals surface area (Å²) in [6.07, 6.45) is 0. The van der Waals surface area contributed by atoms with Crippen molar-refractivity contribution in [3.63, 3.8) is 0 Å². The summed E-state index contributed by atoms with van der Waals surface area (Å²) >= 11 is 3.05. The van der Waals surface area contributed by atoms with Crippen molar-refractivity contribution in [2.45, 2.75) is 6.54 Å². The summed E-state index contributed by atoms with van der Waals surface area (Å²) in [7, 11) is 0. The SMILES string of the molecule is Nc1cc(C(=O)NCc2ccc(F)cc2F)c(Br)cc1F. The Morgan fingerprint density at radius 1 is 1.14 bits per heavy atom. The molecule has 0 atom stereocenters. The number of amides is 1. The predicted octanol–water partition coefficient (Wildman–Crippen LogP) is 3.38. The number of halogens is 4. The van der Waals surface area contributed by atoms with Crippen molar-refractivity contribution in [1.82, 2.24) is 5.32 Å². The van der Waals surface area contributed by atoms with Crippen LogP contribution in [0.25, 0.3) is 0 Å². The first-order valence-electron chi connectivity index (χ1n) is 5.85. The molecule has 2 rings (SSSR count). The van der Waals surface area contributed by atoms with E-state index in [0.717, 1.165) is 18.2 Å². The van der Waals surface area contributed by atoms with Gasteiger partial charge in [-0.05, 0) is 34.1 Å². The first-order valence-corrected chi connectivity index (χ1v) is 6.64. The molecule has 3 N–H and O–H groups in total. The minimum atomic E-state index is -0.756. The predicted molar refractivity (Wildman–Crippen MR) is 76.0 cm³/mol. The molecule has 0 aliphatic heterocycles. The van der Waals surface area contributed by atoms with Gasteiger partial charge in [0.2, 0.25) is 0 Å². The first kappa shape index (κ1) is 15.4. The number of anilines is 1. The Morgan fingerprint density at radius 3 is 2.52 bits per heavy atom. The highest BCUT2D eigenvalue weighted by molar-refractivity contribution is 9.10. The summed E-state index contributed by atoms with van der Waals surface area (Å²) in [6, 6.07) is 5.31. The van der Waals surface area contributed by atoms with Gasteiger partial charge in [0, 0.05) is 22.6 Å². The Kier molecular flexibility index (Phi) is 4.52. The second-order valence-corrected chi connectivity index (χ2v) is 5.13. The number of carbonyl (C=O) groups excluding carboxylic acids is 1. The number of hydrogen-bond donors (Lipinski definition) is 2. The van der Waals surface area contributed by atoms with Crippen LogP contribution >= 0.6 is 15.9 Å². The van der Waals surface area contributed by atoms with Gasteiger partial charge in [0.25, 0.3) is 5.91 Å². The zero-order valence-electron chi connectivity index (χ0n) is 10.6. The molecule has 0 aliphatic rings. The molecule has 0 bridgehead atoms. The fraction of sp³-hybridized carbons (Fsp3) is 0.0714. The summed E-state index contributed by atoms with van der Waals surface area (Å²) in [5.41, 5.74) is 5.48. The van der Waals surface area contributed by atoms with E-state index in [2.05, 4.69) is 21.2 Å². The number of nitrogens with two attached hydrogens (primary N) is 1. The standard InChI is InChI=1S/C14H10BrF3N2O/c15-10-5-12(18)13(19)4-9(10)14(21)20-6-7-1-2-8(16)3-11(7)17/h1-5H,6,19H2,(H,20,21). The molecule has 21 heavy (non-hydrogen) atoms. The van der Waals surface area contributed by atoms with Gasteiger partial charge in [-0.3, -0.25) is 4.79 Å². The Morgan fingerprint density at radius 2 is 1.86 bits per heavy atom. The molecule has 0 unspecified atom stereocenters. The van der Waals surface area contributed by atoms with Gasteiger partial charge in [-0.1, -0.05) is 6.07 Å². The summed E-state index contributed by atoms with van der Waals surface area (Å²) < 4.78 is 39.6. The van der Waals surface area contributed by atoms with Crippen LogP contribution in [0.4, 0.5) is 18.9 Å². The first-order chi connectivity index (χ1) is 9.88. The molecule has 7 heteroatoms. The van der Waals surface area contributed by atoms with Crippen LogP contribution in [0.5, 0.6) is 0 Å². The van der Waals surface area contributed by atoms with Crippen molar-refractivity contribution < 1.29 is 18.0 Å². The fourth-order valence-electron chi connectivity index (χ4n) is 1.68. The van der Waals surface area contributed by atoms with Gasteiger partial charge in [0.15, 0.2) is 0 Å². The van der Waals surface area contributed by atoms with Gasteiger partial charge in [-0.2, -0.15) is 0 Å². The monoisotopic (exact) mass is 358 g/mol. The minimum absolute atomic E-state index is 0.122. The smallest absolute Gasteiger partial charge is 0.252 e. The average Bonchev–Trinajstić information content (AvgIpc) is 2.41. The van der Waals surface area contributed by atoms with Crippen molar-refractivity contribution in [3.05, 3.63) is 63.4 Å². The molecule has 3 nitrogen and oxygen atoms in total. The molecule has 0 heterocycles. The van der Waals surface area contributed by atoms with Crippen LogP contribution in [0.3, 0.4) is 0 Å². The van der Waals surface area contributed by atoms with E-state index in [-0.39, 0.29) is 27.8 Å². The maximum absolute atomic E-state index is 13.4. The number of nitrogen functional groups attached to an aromatic ring is 1. The third-order valence-electron chi connectivity index (χ3n) is 2.79. The van der Waals surface area contributed by atoms with E-state index in [1.165, 1.54) is 12.1 Å². The van der Waals surface area contributed by atoms with Crippen LogP contribution in [0.1, 0.15) is 15.9 Å². The molecule has 0 fully saturated rings. The van der Waals surface area contributed by atoms with Crippen LogP contribution in [0.15, 0.2) is 34.8 Å². The topological polar surface area (TPSA) is 55.1 Å². The second-order valence-electron chi connectivity index (χ2n) is 4.27. The van der Waals surface area contributed by atoms with Crippen molar-refractivity contribution in [2.75, 3.05) is 5.73 Å². The highest BCUT2D eigenvalue weighted by atomic mass is 79.9. The van der Waals surface area contributed by atoms with E-state index in [0.29, 0.717) is 0 Å². The normalized spacial score (nSPS) is 10.5. The molecule has 1 amide bonds. The van der Waals surface area contributed by atoms with E-state index in [4.69, 9.17) is 5.73 Å². The van der Waals surface area contributed by atoms with Crippen molar-refractivity contribution in [2.24, 2.45) is 0 Å². The number of carbonyl (C=O) groups is 1. The molecule has 0 saturated heterocycles. The molecular formula is C14H10BrF3N2O. The molecule has 0 aromatic heterocycles. The Balaban J connectivity index is 2.13. The van der Waals surface area contributed by atoms with Crippen LogP contribution in [0.2, 0.25) is 0 Å². The third-order valence-corrected chi connectivity index (χ3v) is 3.44. The van der Waals surface area contributed by atoms with Gasteiger partial charge < -0.3 is 11.1 Å². The Bertz CT molecular complexity index is 707. The van der Waals surface area contributed by atoms with Crippen molar-refractivity contribution >= 4 is 27.5 Å². The second kappa shape index (κ2) is 6.17. The van der Waals surface area contributed by atoms with Crippen LogP contribution in [-0.2, 0) is 6.54 Å². The highest BCUT2D eigenvalue weighted by Crippen LogP contribution is 2.23. The zero-order chi connectivity index (χ0) is 15.6. The number of rotatable bonds is 3. The zero-order valence-corrected chi connectivity index (χ0v) is 12.2. The van der Waals surface area contributed by atoms with Crippen LogP contribution in [0, 0.1) is 17.5 Å². The van der Waals surface area contributed by atoms with Gasteiger partial charge in [-0.25, -0.2) is 13.2 Å². The minimum Gasteiger partial charge on any atom is -0.396 e. The van der Waals surface area contributed by atoms with Crippen molar-refractivity contribution in [3.8, 4) is 0 Å². The molecule has 2 aromatic rings. The maximum atomic E-state index is 13.4. The largest absolute Gasteiger partial charge is 0.396 e.